The maximum Gasteiger partial charge on any atom is 0.330 e. The molecular weight excluding hydrogens is 322 g/mol. The fourth-order valence-corrected chi connectivity index (χ4v) is 1.93. The zero-order chi connectivity index (χ0) is 17.5. The van der Waals surface area contributed by atoms with E-state index in [1.807, 2.05) is 0 Å². The number of aromatic nitrogens is 5. The van der Waals surface area contributed by atoms with Gasteiger partial charge in [-0.1, -0.05) is 5.21 Å². The fourth-order valence-electron chi connectivity index (χ4n) is 1.93. The van der Waals surface area contributed by atoms with Crippen LogP contribution in [0.1, 0.15) is 11.3 Å². The van der Waals surface area contributed by atoms with E-state index < -0.39 is 17.4 Å². The van der Waals surface area contributed by atoms with Crippen molar-refractivity contribution in [1.29, 1.82) is 0 Å². The molecular formula is C13H19N5O6. The van der Waals surface area contributed by atoms with Gasteiger partial charge in [-0.25, -0.2) is 4.79 Å². The Morgan fingerprint density at radius 2 is 1.96 bits per heavy atom. The van der Waals surface area contributed by atoms with Crippen molar-refractivity contribution < 1.29 is 20.1 Å². The van der Waals surface area contributed by atoms with E-state index in [1.165, 1.54) is 10.9 Å². The van der Waals surface area contributed by atoms with E-state index in [0.29, 0.717) is 17.8 Å². The normalized spacial score (nSPS) is 11.3. The van der Waals surface area contributed by atoms with E-state index in [2.05, 4.69) is 15.3 Å². The molecule has 0 atom stereocenters. The van der Waals surface area contributed by atoms with Crippen molar-refractivity contribution >= 4 is 0 Å². The summed E-state index contributed by atoms with van der Waals surface area (Å²) in [5, 5.41) is 34.3. The second kappa shape index (κ2) is 8.49. The van der Waals surface area contributed by atoms with Crippen molar-refractivity contribution in [3.05, 3.63) is 44.5 Å². The number of aryl methyl sites for hydroxylation is 2. The number of ether oxygens (including phenoxy) is 1. The quantitative estimate of drug-likeness (QED) is 0.381. The molecule has 0 bridgehead atoms. The summed E-state index contributed by atoms with van der Waals surface area (Å²) in [6.07, 6.45) is 2.39. The largest absolute Gasteiger partial charge is 0.394 e. The summed E-state index contributed by atoms with van der Waals surface area (Å²) in [7, 11) is 0. The number of rotatable bonds is 9. The molecule has 0 amide bonds. The maximum atomic E-state index is 11.9. The van der Waals surface area contributed by atoms with Gasteiger partial charge in [0.1, 0.15) is 18.5 Å². The van der Waals surface area contributed by atoms with Crippen LogP contribution < -0.4 is 11.2 Å². The van der Waals surface area contributed by atoms with Gasteiger partial charge in [0.25, 0.3) is 5.56 Å². The molecule has 2 rings (SSSR count). The lowest BCUT2D eigenvalue weighted by molar-refractivity contribution is -0.0513. The van der Waals surface area contributed by atoms with Crippen molar-refractivity contribution in [2.24, 2.45) is 0 Å². The topological polar surface area (TPSA) is 155 Å². The summed E-state index contributed by atoms with van der Waals surface area (Å²) in [5.41, 5.74) is -0.411. The summed E-state index contributed by atoms with van der Waals surface area (Å²) in [6, 6.07) is 0. The van der Waals surface area contributed by atoms with Crippen LogP contribution in [-0.2, 0) is 31.0 Å². The molecule has 0 spiro atoms. The van der Waals surface area contributed by atoms with Crippen LogP contribution in [0.2, 0.25) is 0 Å². The van der Waals surface area contributed by atoms with Gasteiger partial charge in [0.15, 0.2) is 0 Å². The summed E-state index contributed by atoms with van der Waals surface area (Å²) >= 11 is 0. The molecule has 0 aromatic carbocycles. The standard InChI is InChI=1S/C13H19N5O6/c19-5-10-4-18(16-15-10)2-1-9-3-17(13(23)14-12(9)22)8-24-11(6-20)7-21/h3-4,11,19-21H,1-2,5-8H2,(H,14,22,23). The Hall–Kier alpha value is -2.34. The van der Waals surface area contributed by atoms with Gasteiger partial charge in [0.2, 0.25) is 0 Å². The number of nitrogens with zero attached hydrogens (tertiary/aromatic N) is 4. The first-order chi connectivity index (χ1) is 11.6. The average Bonchev–Trinajstić information content (AvgIpc) is 3.04. The molecule has 0 radical (unpaired) electrons. The Labute approximate surface area is 135 Å². The van der Waals surface area contributed by atoms with Crippen LogP contribution in [0, 0.1) is 0 Å². The van der Waals surface area contributed by atoms with Gasteiger partial charge in [-0.2, -0.15) is 0 Å². The molecule has 132 valence electrons. The van der Waals surface area contributed by atoms with Gasteiger partial charge < -0.3 is 20.1 Å². The third-order valence-corrected chi connectivity index (χ3v) is 3.30. The van der Waals surface area contributed by atoms with Crippen LogP contribution in [-0.4, -0.2) is 59.2 Å². The minimum Gasteiger partial charge on any atom is -0.394 e. The highest BCUT2D eigenvalue weighted by atomic mass is 16.5. The fraction of sp³-hybridized carbons (Fsp3) is 0.538. The van der Waals surface area contributed by atoms with E-state index >= 15 is 0 Å². The summed E-state index contributed by atoms with van der Waals surface area (Å²) in [5.74, 6) is 0. The SMILES string of the molecule is O=c1[nH]c(=O)n(COC(CO)CO)cc1CCn1cc(CO)nn1. The number of nitrogens with one attached hydrogen (secondary N) is 1. The zero-order valence-corrected chi connectivity index (χ0v) is 12.8. The lowest BCUT2D eigenvalue weighted by atomic mass is 10.2. The Morgan fingerprint density at radius 1 is 1.21 bits per heavy atom. The molecule has 2 aromatic rings. The highest BCUT2D eigenvalue weighted by Crippen LogP contribution is 1.98. The molecule has 0 aliphatic heterocycles. The first kappa shape index (κ1) is 18.0. The Balaban J connectivity index is 2.07. The molecule has 0 aliphatic carbocycles. The van der Waals surface area contributed by atoms with Crippen molar-refractivity contribution in [1.82, 2.24) is 24.5 Å². The van der Waals surface area contributed by atoms with Crippen molar-refractivity contribution in [3.63, 3.8) is 0 Å². The molecule has 24 heavy (non-hydrogen) atoms. The van der Waals surface area contributed by atoms with Gasteiger partial charge in [0.05, 0.1) is 26.0 Å². The Morgan fingerprint density at radius 3 is 2.58 bits per heavy atom. The van der Waals surface area contributed by atoms with Crippen molar-refractivity contribution in [2.75, 3.05) is 13.2 Å². The zero-order valence-electron chi connectivity index (χ0n) is 12.8. The molecule has 2 aromatic heterocycles. The first-order valence-corrected chi connectivity index (χ1v) is 7.23. The third kappa shape index (κ3) is 4.58. The molecule has 11 nitrogen and oxygen atoms in total. The van der Waals surface area contributed by atoms with E-state index in [9.17, 15) is 9.59 Å². The number of aromatic amines is 1. The van der Waals surface area contributed by atoms with E-state index in [-0.39, 0.29) is 33.0 Å². The van der Waals surface area contributed by atoms with Crippen molar-refractivity contribution in [3.8, 4) is 0 Å². The molecule has 0 saturated carbocycles. The second-order valence-electron chi connectivity index (χ2n) is 5.05. The second-order valence-corrected chi connectivity index (χ2v) is 5.05. The van der Waals surface area contributed by atoms with Gasteiger partial charge in [-0.05, 0) is 6.42 Å². The van der Waals surface area contributed by atoms with E-state index in [1.54, 1.807) is 6.20 Å². The number of hydrogen-bond donors (Lipinski definition) is 4. The molecule has 0 aliphatic rings. The highest BCUT2D eigenvalue weighted by molar-refractivity contribution is 5.04. The predicted octanol–water partition coefficient (Wildman–Crippen LogP) is -2.81. The lowest BCUT2D eigenvalue weighted by Gasteiger charge is -2.14. The molecule has 4 N–H and O–H groups in total. The number of hydrogen-bond acceptors (Lipinski definition) is 8. The maximum absolute atomic E-state index is 11.9. The Bertz CT molecular complexity index is 763. The molecule has 0 fully saturated rings. The Kier molecular flexibility index (Phi) is 6.37. The summed E-state index contributed by atoms with van der Waals surface area (Å²) in [4.78, 5) is 25.8. The van der Waals surface area contributed by atoms with E-state index in [0.717, 1.165) is 4.57 Å². The molecule has 0 saturated heterocycles. The number of aliphatic hydroxyl groups is 3. The summed E-state index contributed by atoms with van der Waals surface area (Å²) < 4.78 is 7.78. The minimum atomic E-state index is -0.806. The first-order valence-electron chi connectivity index (χ1n) is 7.23. The van der Waals surface area contributed by atoms with Crippen LogP contribution in [0.4, 0.5) is 0 Å². The minimum absolute atomic E-state index is 0.216. The van der Waals surface area contributed by atoms with Crippen molar-refractivity contribution in [2.45, 2.75) is 32.4 Å². The monoisotopic (exact) mass is 341 g/mol. The number of aliphatic hydroxyl groups excluding tert-OH is 3. The van der Waals surface area contributed by atoms with Gasteiger partial charge in [-0.3, -0.25) is 19.0 Å². The molecule has 2 heterocycles. The average molecular weight is 341 g/mol. The van der Waals surface area contributed by atoms with Crippen LogP contribution in [0.15, 0.2) is 22.0 Å². The number of H-pyrrole nitrogens is 1. The van der Waals surface area contributed by atoms with Gasteiger partial charge in [-0.15, -0.1) is 5.10 Å². The van der Waals surface area contributed by atoms with Gasteiger partial charge >= 0.3 is 5.69 Å². The van der Waals surface area contributed by atoms with Crippen LogP contribution in [0.3, 0.4) is 0 Å². The van der Waals surface area contributed by atoms with Crippen LogP contribution >= 0.6 is 0 Å². The van der Waals surface area contributed by atoms with Crippen LogP contribution in [0.25, 0.3) is 0 Å². The smallest absolute Gasteiger partial charge is 0.330 e. The van der Waals surface area contributed by atoms with E-state index in [4.69, 9.17) is 20.1 Å². The third-order valence-electron chi connectivity index (χ3n) is 3.30. The highest BCUT2D eigenvalue weighted by Gasteiger charge is 2.09. The molecule has 0 unspecified atom stereocenters. The lowest BCUT2D eigenvalue weighted by Crippen LogP contribution is -2.34. The molecule has 11 heteroatoms. The van der Waals surface area contributed by atoms with Gasteiger partial charge in [0, 0.05) is 18.3 Å². The van der Waals surface area contributed by atoms with Crippen LogP contribution in [0.5, 0.6) is 0 Å². The summed E-state index contributed by atoms with van der Waals surface area (Å²) in [6.45, 7) is -0.876. The predicted molar refractivity (Wildman–Crippen MR) is 80.0 cm³/mol.